The van der Waals surface area contributed by atoms with E-state index in [0.29, 0.717) is 11.3 Å². The fourth-order valence-electron chi connectivity index (χ4n) is 2.20. The van der Waals surface area contributed by atoms with Gasteiger partial charge in [0, 0.05) is 0 Å². The zero-order valence-electron chi connectivity index (χ0n) is 10.4. The quantitative estimate of drug-likeness (QED) is 0.515. The van der Waals surface area contributed by atoms with E-state index < -0.39 is 0 Å². The molecule has 0 amide bonds. The molecule has 0 rings (SSSR count). The fraction of sp³-hybridized carbons (Fsp3) is 1.00. The van der Waals surface area contributed by atoms with Crippen molar-refractivity contribution in [3.63, 3.8) is 0 Å². The van der Waals surface area contributed by atoms with Crippen LogP contribution in [0.5, 0.6) is 0 Å². The van der Waals surface area contributed by atoms with Gasteiger partial charge >= 0.3 is 0 Å². The zero-order valence-corrected chi connectivity index (χ0v) is 10.4. The smallest absolute Gasteiger partial charge is 0.0824 e. The molecule has 14 heavy (non-hydrogen) atoms. The first-order valence-corrected chi connectivity index (χ1v) is 6.10. The monoisotopic (exact) mass is 199 g/mol. The highest BCUT2D eigenvalue weighted by Crippen LogP contribution is 2.32. The van der Waals surface area contributed by atoms with Crippen molar-refractivity contribution >= 4 is 0 Å². The zero-order chi connectivity index (χ0) is 11.0. The summed E-state index contributed by atoms with van der Waals surface area (Å²) in [5.41, 5.74) is 0.434. The highest BCUT2D eigenvalue weighted by atomic mass is 16.3. The first kappa shape index (κ1) is 14.0. The third-order valence-corrected chi connectivity index (χ3v) is 2.97. The van der Waals surface area contributed by atoms with Gasteiger partial charge in [0.05, 0.1) is 6.61 Å². The summed E-state index contributed by atoms with van der Waals surface area (Å²) in [4.78, 5) is 0. The molecule has 0 saturated heterocycles. The Balaban J connectivity index is 3.69. The van der Waals surface area contributed by atoms with Gasteiger partial charge in [0.25, 0.3) is 0 Å². The van der Waals surface area contributed by atoms with Crippen molar-refractivity contribution in [3.05, 3.63) is 0 Å². The molecule has 1 unspecified atom stereocenters. The average molecular weight is 199 g/mol. The highest BCUT2D eigenvalue weighted by molar-refractivity contribution is 4.71. The topological polar surface area (TPSA) is 19.9 Å². The van der Waals surface area contributed by atoms with Gasteiger partial charge in [0.15, 0.2) is 0 Å². The summed E-state index contributed by atoms with van der Waals surface area (Å²) >= 11 is 0. The average Bonchev–Trinajstić information content (AvgIpc) is 2.03. The third kappa shape index (κ3) is 7.37. The van der Waals surface area contributed by atoms with E-state index >= 15 is 0 Å². The van der Waals surface area contributed by atoms with Crippen LogP contribution in [0.3, 0.4) is 0 Å². The minimum Gasteiger partial charge on any atom is -0.237 e. The lowest BCUT2D eigenvalue weighted by Gasteiger charge is -2.27. The van der Waals surface area contributed by atoms with Crippen LogP contribution >= 0.6 is 0 Å². The van der Waals surface area contributed by atoms with Crippen molar-refractivity contribution in [3.8, 4) is 0 Å². The third-order valence-electron chi connectivity index (χ3n) is 2.97. The van der Waals surface area contributed by atoms with E-state index in [1.54, 1.807) is 0 Å². The van der Waals surface area contributed by atoms with Crippen molar-refractivity contribution in [2.45, 2.75) is 66.2 Å². The molecule has 0 aliphatic rings. The molecule has 0 N–H and O–H groups in total. The van der Waals surface area contributed by atoms with Crippen LogP contribution in [-0.2, 0) is 5.11 Å². The summed E-state index contributed by atoms with van der Waals surface area (Å²) in [5, 5.41) is 10.5. The van der Waals surface area contributed by atoms with Crippen LogP contribution in [0.2, 0.25) is 0 Å². The molecule has 0 aromatic heterocycles. The molecule has 0 aliphatic heterocycles. The van der Waals surface area contributed by atoms with Crippen LogP contribution in [0.4, 0.5) is 0 Å². The van der Waals surface area contributed by atoms with Gasteiger partial charge in [-0.3, -0.25) is 0 Å². The molecule has 85 valence electrons. The van der Waals surface area contributed by atoms with Crippen LogP contribution in [0, 0.1) is 11.3 Å². The molecule has 1 nitrogen and oxygen atoms in total. The maximum atomic E-state index is 10.5. The minimum atomic E-state index is 0.0895. The van der Waals surface area contributed by atoms with Crippen molar-refractivity contribution in [1.82, 2.24) is 0 Å². The van der Waals surface area contributed by atoms with Gasteiger partial charge in [-0.05, 0) is 30.6 Å². The Hall–Kier alpha value is -0.0400. The molecule has 0 bridgehead atoms. The van der Waals surface area contributed by atoms with Gasteiger partial charge in [0.1, 0.15) is 0 Å². The molecule has 1 heteroatoms. The second-order valence-corrected chi connectivity index (χ2v) is 5.42. The lowest BCUT2D eigenvalue weighted by atomic mass is 9.78. The summed E-state index contributed by atoms with van der Waals surface area (Å²) in [7, 11) is 0. The van der Waals surface area contributed by atoms with E-state index in [9.17, 15) is 5.11 Å². The predicted molar refractivity (Wildman–Crippen MR) is 61.9 cm³/mol. The summed E-state index contributed by atoms with van der Waals surface area (Å²) in [5.74, 6) is 0.601. The highest BCUT2D eigenvalue weighted by Gasteiger charge is 2.20. The summed E-state index contributed by atoms with van der Waals surface area (Å²) in [6.07, 6.45) is 7.35. The van der Waals surface area contributed by atoms with Gasteiger partial charge in [-0.15, -0.1) is 0 Å². The van der Waals surface area contributed by atoms with E-state index in [0.717, 1.165) is 6.42 Å². The molecule has 0 aromatic carbocycles. The van der Waals surface area contributed by atoms with Crippen LogP contribution < -0.4 is 0 Å². The van der Waals surface area contributed by atoms with Crippen molar-refractivity contribution in [1.29, 1.82) is 0 Å². The van der Waals surface area contributed by atoms with E-state index in [2.05, 4.69) is 27.7 Å². The van der Waals surface area contributed by atoms with Crippen LogP contribution in [-0.4, -0.2) is 6.61 Å². The maximum absolute atomic E-state index is 10.5. The van der Waals surface area contributed by atoms with Crippen LogP contribution in [0.1, 0.15) is 66.2 Å². The standard InChI is InChI=1S/C13H27O/c1-5-6-7-9-13(3,4)11-12(2)8-10-14/h12H,5-11H2,1-4H3. The Labute approximate surface area is 89.9 Å². The number of rotatable bonds is 8. The molecule has 1 atom stereocenters. The predicted octanol–water partition coefficient (Wildman–Crippen LogP) is 4.44. The van der Waals surface area contributed by atoms with Gasteiger partial charge in [0.2, 0.25) is 0 Å². The van der Waals surface area contributed by atoms with Crippen molar-refractivity contribution in [2.75, 3.05) is 6.61 Å². The van der Waals surface area contributed by atoms with E-state index in [-0.39, 0.29) is 6.61 Å². The first-order chi connectivity index (χ1) is 6.52. The van der Waals surface area contributed by atoms with E-state index in [1.165, 1.54) is 32.1 Å². The first-order valence-electron chi connectivity index (χ1n) is 6.10. The van der Waals surface area contributed by atoms with E-state index in [4.69, 9.17) is 0 Å². The molecular formula is C13H27O. The largest absolute Gasteiger partial charge is 0.237 e. The molecule has 1 radical (unpaired) electrons. The maximum Gasteiger partial charge on any atom is 0.0824 e. The van der Waals surface area contributed by atoms with E-state index in [1.807, 2.05) is 0 Å². The normalized spacial score (nSPS) is 14.4. The Morgan fingerprint density at radius 1 is 1.21 bits per heavy atom. The Kier molecular flexibility index (Phi) is 7.26. The number of hydrogen-bond donors (Lipinski definition) is 0. The molecule has 0 fully saturated rings. The minimum absolute atomic E-state index is 0.0895. The Bertz CT molecular complexity index is 129. The number of unbranched alkanes of at least 4 members (excludes halogenated alkanes) is 2. The fourth-order valence-corrected chi connectivity index (χ4v) is 2.20. The molecule has 0 aliphatic carbocycles. The van der Waals surface area contributed by atoms with Gasteiger partial charge in [-0.1, -0.05) is 47.0 Å². The molecular weight excluding hydrogens is 172 g/mol. The second-order valence-electron chi connectivity index (χ2n) is 5.42. The Morgan fingerprint density at radius 3 is 2.36 bits per heavy atom. The lowest BCUT2D eigenvalue weighted by molar-refractivity contribution is 0.154. The summed E-state index contributed by atoms with van der Waals surface area (Å²) < 4.78 is 0. The second kappa shape index (κ2) is 7.28. The van der Waals surface area contributed by atoms with Gasteiger partial charge in [-0.2, -0.15) is 0 Å². The summed E-state index contributed by atoms with van der Waals surface area (Å²) in [6.45, 7) is 9.21. The van der Waals surface area contributed by atoms with Crippen LogP contribution in [0.15, 0.2) is 0 Å². The molecule has 0 spiro atoms. The van der Waals surface area contributed by atoms with Crippen molar-refractivity contribution < 1.29 is 5.11 Å². The molecule has 0 aromatic rings. The van der Waals surface area contributed by atoms with Gasteiger partial charge in [-0.25, -0.2) is 5.11 Å². The molecule has 0 heterocycles. The lowest BCUT2D eigenvalue weighted by Crippen LogP contribution is -2.16. The molecule has 0 saturated carbocycles. The summed E-state index contributed by atoms with van der Waals surface area (Å²) in [6, 6.07) is 0. The SMILES string of the molecule is CCCCCC(C)(C)CC(C)CC[O]. The Morgan fingerprint density at radius 2 is 1.86 bits per heavy atom. The van der Waals surface area contributed by atoms with Gasteiger partial charge < -0.3 is 0 Å². The number of hydrogen-bond acceptors (Lipinski definition) is 0. The van der Waals surface area contributed by atoms with Crippen molar-refractivity contribution in [2.24, 2.45) is 11.3 Å². The van der Waals surface area contributed by atoms with Crippen LogP contribution in [0.25, 0.3) is 0 Å².